The second-order valence-electron chi connectivity index (χ2n) is 5.49. The third kappa shape index (κ3) is 1.67. The number of amides is 1. The van der Waals surface area contributed by atoms with Crippen LogP contribution < -0.4 is 0 Å². The normalized spacial score (nSPS) is 22.4. The number of hydrogen-bond acceptors (Lipinski definition) is 4. The van der Waals surface area contributed by atoms with Crippen LogP contribution in [0.1, 0.15) is 29.5 Å². The Hall–Kier alpha value is -1.85. The Morgan fingerprint density at radius 2 is 2.10 bits per heavy atom. The number of furan rings is 1. The second-order valence-corrected chi connectivity index (χ2v) is 5.49. The smallest absolute Gasteiger partial charge is 0.290 e. The fraction of sp³-hybridized carbons (Fsp3) is 0.400. The number of fused-ring (bicyclic) bond motifs is 1. The lowest BCUT2D eigenvalue weighted by molar-refractivity contribution is -0.171. The lowest BCUT2D eigenvalue weighted by atomic mass is 9.85. The number of aliphatic hydroxyl groups is 2. The van der Waals surface area contributed by atoms with Crippen molar-refractivity contribution in [3.8, 4) is 0 Å². The molecule has 2 heterocycles. The van der Waals surface area contributed by atoms with E-state index in [9.17, 15) is 15.0 Å². The molecule has 0 spiro atoms. The first-order valence-electron chi connectivity index (χ1n) is 6.61. The Morgan fingerprint density at radius 1 is 1.40 bits per heavy atom. The Bertz CT molecular complexity index is 676. The highest BCUT2D eigenvalue weighted by molar-refractivity contribution is 5.99. The molecule has 0 bridgehead atoms. The maximum absolute atomic E-state index is 12.5. The summed E-state index contributed by atoms with van der Waals surface area (Å²) >= 11 is 0. The van der Waals surface area contributed by atoms with E-state index in [1.807, 2.05) is 31.2 Å². The number of carbonyl (C=O) groups is 1. The van der Waals surface area contributed by atoms with Crippen molar-refractivity contribution >= 4 is 16.9 Å². The Balaban J connectivity index is 2.00. The summed E-state index contributed by atoms with van der Waals surface area (Å²) in [6, 6.07) is 7.46. The van der Waals surface area contributed by atoms with E-state index in [0.717, 1.165) is 10.9 Å². The molecule has 2 aromatic rings. The Morgan fingerprint density at radius 3 is 2.65 bits per heavy atom. The lowest BCUT2D eigenvalue weighted by Crippen LogP contribution is -2.66. The molecule has 1 fully saturated rings. The first kappa shape index (κ1) is 13.1. The van der Waals surface area contributed by atoms with Crippen LogP contribution >= 0.6 is 0 Å². The molecule has 106 valence electrons. The van der Waals surface area contributed by atoms with Crippen LogP contribution in [0.15, 0.2) is 28.7 Å². The lowest BCUT2D eigenvalue weighted by Gasteiger charge is -2.51. The molecule has 1 aliphatic rings. The van der Waals surface area contributed by atoms with E-state index in [0.29, 0.717) is 18.5 Å². The number of nitrogens with zero attached hydrogens (tertiary/aromatic N) is 1. The summed E-state index contributed by atoms with van der Waals surface area (Å²) in [6.45, 7) is 4.01. The van der Waals surface area contributed by atoms with Gasteiger partial charge in [0.2, 0.25) is 0 Å². The zero-order valence-electron chi connectivity index (χ0n) is 11.5. The van der Waals surface area contributed by atoms with E-state index >= 15 is 0 Å². The molecule has 1 aliphatic heterocycles. The largest absolute Gasteiger partial charge is 0.451 e. The van der Waals surface area contributed by atoms with Gasteiger partial charge in [-0.2, -0.15) is 0 Å². The van der Waals surface area contributed by atoms with Crippen LogP contribution in [-0.2, 0) is 0 Å². The molecule has 1 aromatic carbocycles. The summed E-state index contributed by atoms with van der Waals surface area (Å²) in [7, 11) is 0. The fourth-order valence-corrected chi connectivity index (χ4v) is 2.68. The Kier molecular flexibility index (Phi) is 2.84. The highest BCUT2D eigenvalue weighted by Crippen LogP contribution is 2.36. The van der Waals surface area contributed by atoms with Gasteiger partial charge in [-0.1, -0.05) is 18.2 Å². The summed E-state index contributed by atoms with van der Waals surface area (Å²) in [5.74, 6) is -0.0154. The minimum Gasteiger partial charge on any atom is -0.451 e. The molecule has 20 heavy (non-hydrogen) atoms. The van der Waals surface area contributed by atoms with Crippen LogP contribution in [0.3, 0.4) is 0 Å². The number of likely N-dealkylation sites (tertiary alicyclic amines) is 1. The van der Waals surface area contributed by atoms with E-state index in [4.69, 9.17) is 4.42 Å². The van der Waals surface area contributed by atoms with Gasteiger partial charge in [-0.3, -0.25) is 4.79 Å². The molecule has 2 N–H and O–H groups in total. The number of para-hydroxylation sites is 1. The molecule has 5 nitrogen and oxygen atoms in total. The van der Waals surface area contributed by atoms with Gasteiger partial charge in [-0.25, -0.2) is 0 Å². The maximum atomic E-state index is 12.5. The quantitative estimate of drug-likeness (QED) is 0.817. The number of aryl methyl sites for hydroxylation is 1. The highest BCUT2D eigenvalue weighted by Gasteiger charge is 2.49. The molecule has 1 unspecified atom stereocenters. The molecule has 1 amide bonds. The third-order valence-corrected chi connectivity index (χ3v) is 4.30. The first-order valence-corrected chi connectivity index (χ1v) is 6.61. The minimum absolute atomic E-state index is 0.276. The average molecular weight is 275 g/mol. The van der Waals surface area contributed by atoms with Crippen molar-refractivity contribution in [1.82, 2.24) is 4.90 Å². The van der Waals surface area contributed by atoms with Crippen LogP contribution in [0.25, 0.3) is 11.0 Å². The van der Waals surface area contributed by atoms with Gasteiger partial charge in [-0.15, -0.1) is 0 Å². The van der Waals surface area contributed by atoms with Crippen molar-refractivity contribution in [2.45, 2.75) is 32.1 Å². The van der Waals surface area contributed by atoms with Crippen molar-refractivity contribution in [3.05, 3.63) is 35.6 Å². The monoisotopic (exact) mass is 275 g/mol. The number of aliphatic hydroxyl groups excluding tert-OH is 1. The first-order chi connectivity index (χ1) is 9.45. The highest BCUT2D eigenvalue weighted by atomic mass is 16.5. The maximum Gasteiger partial charge on any atom is 0.290 e. The van der Waals surface area contributed by atoms with Gasteiger partial charge >= 0.3 is 0 Å². The van der Waals surface area contributed by atoms with Crippen LogP contribution in [-0.4, -0.2) is 39.4 Å². The third-order valence-electron chi connectivity index (χ3n) is 4.30. The van der Waals surface area contributed by atoms with E-state index in [1.54, 1.807) is 6.92 Å². The SMILES string of the molecule is Cc1c(C(=O)N2CCC2(C)C(O)O)oc2ccccc12. The van der Waals surface area contributed by atoms with Crippen molar-refractivity contribution in [2.24, 2.45) is 0 Å². The molecule has 0 saturated carbocycles. The van der Waals surface area contributed by atoms with Gasteiger partial charge in [0.05, 0.1) is 5.54 Å². The van der Waals surface area contributed by atoms with Gasteiger partial charge in [0.1, 0.15) is 5.58 Å². The van der Waals surface area contributed by atoms with E-state index in [1.165, 1.54) is 4.90 Å². The van der Waals surface area contributed by atoms with Crippen LogP contribution in [0, 0.1) is 6.92 Å². The number of rotatable bonds is 2. The molecule has 0 radical (unpaired) electrons. The van der Waals surface area contributed by atoms with Crippen LogP contribution in [0.2, 0.25) is 0 Å². The van der Waals surface area contributed by atoms with Gasteiger partial charge in [0.25, 0.3) is 5.91 Å². The van der Waals surface area contributed by atoms with E-state index in [-0.39, 0.29) is 11.7 Å². The predicted octanol–water partition coefficient (Wildman–Crippen LogP) is 1.66. The van der Waals surface area contributed by atoms with E-state index in [2.05, 4.69) is 0 Å². The van der Waals surface area contributed by atoms with Gasteiger partial charge in [-0.05, 0) is 26.3 Å². The number of carbonyl (C=O) groups excluding carboxylic acids is 1. The molecule has 1 atom stereocenters. The van der Waals surface area contributed by atoms with E-state index < -0.39 is 11.8 Å². The molecule has 1 aromatic heterocycles. The van der Waals surface area contributed by atoms with Crippen molar-refractivity contribution in [2.75, 3.05) is 6.54 Å². The second kappa shape index (κ2) is 4.33. The van der Waals surface area contributed by atoms with Crippen LogP contribution in [0.5, 0.6) is 0 Å². The molecular formula is C15H17NO4. The molecule has 1 saturated heterocycles. The van der Waals surface area contributed by atoms with Crippen molar-refractivity contribution in [1.29, 1.82) is 0 Å². The summed E-state index contributed by atoms with van der Waals surface area (Å²) in [4.78, 5) is 14.0. The number of hydrogen-bond donors (Lipinski definition) is 2. The standard InChI is InChI=1S/C15H17NO4/c1-9-10-5-3-4-6-11(10)20-12(9)13(17)16-8-7-15(16,2)14(18)19/h3-6,14,18-19H,7-8H2,1-2H3. The Labute approximate surface area is 116 Å². The minimum atomic E-state index is -1.55. The summed E-state index contributed by atoms with van der Waals surface area (Å²) in [6.07, 6.45) is -0.986. The van der Waals surface area contributed by atoms with Crippen molar-refractivity contribution in [3.63, 3.8) is 0 Å². The van der Waals surface area contributed by atoms with Gasteiger partial charge in [0, 0.05) is 17.5 Å². The van der Waals surface area contributed by atoms with Crippen molar-refractivity contribution < 1.29 is 19.4 Å². The molecule has 5 heteroatoms. The topological polar surface area (TPSA) is 73.9 Å². The summed E-state index contributed by atoms with van der Waals surface area (Å²) < 4.78 is 5.64. The number of benzene rings is 1. The zero-order valence-corrected chi connectivity index (χ0v) is 11.5. The predicted molar refractivity (Wildman–Crippen MR) is 73.2 cm³/mol. The summed E-state index contributed by atoms with van der Waals surface area (Å²) in [5.41, 5.74) is 0.523. The average Bonchev–Trinajstić information content (AvgIpc) is 2.74. The van der Waals surface area contributed by atoms with Gasteiger partial charge < -0.3 is 19.5 Å². The fourth-order valence-electron chi connectivity index (χ4n) is 2.68. The summed E-state index contributed by atoms with van der Waals surface area (Å²) in [5, 5.41) is 19.8. The van der Waals surface area contributed by atoms with Gasteiger partial charge in [0.15, 0.2) is 12.1 Å². The van der Waals surface area contributed by atoms with Crippen LogP contribution in [0.4, 0.5) is 0 Å². The zero-order chi connectivity index (χ0) is 14.5. The molecule has 3 rings (SSSR count). The molecular weight excluding hydrogens is 258 g/mol. The molecule has 0 aliphatic carbocycles.